The number of aliphatic hydroxyl groups excluding tert-OH is 1. The molecule has 2 rings (SSSR count). The summed E-state index contributed by atoms with van der Waals surface area (Å²) in [4.78, 5) is 0. The summed E-state index contributed by atoms with van der Waals surface area (Å²) in [6, 6.07) is 11.0. The molecule has 1 aromatic carbocycles. The van der Waals surface area contributed by atoms with Crippen molar-refractivity contribution in [2.75, 3.05) is 0 Å². The molecule has 0 aliphatic heterocycles. The third-order valence-electron chi connectivity index (χ3n) is 3.25. The van der Waals surface area contributed by atoms with Gasteiger partial charge in [0.05, 0.1) is 6.61 Å². The smallest absolute Gasteiger partial charge is 0.171 e. The fourth-order valence-corrected chi connectivity index (χ4v) is 2.04. The number of hydrogen-bond acceptors (Lipinski definition) is 4. The lowest BCUT2D eigenvalue weighted by Crippen LogP contribution is -2.31. The van der Waals surface area contributed by atoms with Crippen LogP contribution in [0.2, 0.25) is 0 Å². The first-order chi connectivity index (χ1) is 9.63. The summed E-state index contributed by atoms with van der Waals surface area (Å²) in [5, 5.41) is 9.17. The van der Waals surface area contributed by atoms with Crippen LogP contribution < -0.4 is 10.5 Å². The van der Waals surface area contributed by atoms with Gasteiger partial charge in [-0.1, -0.05) is 19.1 Å². The maximum Gasteiger partial charge on any atom is 0.171 e. The van der Waals surface area contributed by atoms with Crippen molar-refractivity contribution in [2.45, 2.75) is 39.0 Å². The van der Waals surface area contributed by atoms with Gasteiger partial charge in [0.1, 0.15) is 17.3 Å². The molecular weight excluding hydrogens is 254 g/mol. The van der Waals surface area contributed by atoms with E-state index in [1.807, 2.05) is 50.2 Å². The molecular formula is C16H21NO3. The zero-order valence-electron chi connectivity index (χ0n) is 11.9. The second-order valence-corrected chi connectivity index (χ2v) is 4.86. The third-order valence-corrected chi connectivity index (χ3v) is 3.25. The molecule has 0 aliphatic carbocycles. The van der Waals surface area contributed by atoms with Gasteiger partial charge >= 0.3 is 0 Å². The number of hydrogen-bond donors (Lipinski definition) is 2. The van der Waals surface area contributed by atoms with E-state index >= 15 is 0 Å². The Morgan fingerprint density at radius 3 is 2.70 bits per heavy atom. The summed E-state index contributed by atoms with van der Waals surface area (Å²) < 4.78 is 11.6. The van der Waals surface area contributed by atoms with Crippen molar-refractivity contribution < 1.29 is 14.3 Å². The largest absolute Gasteiger partial charge is 0.481 e. The second kappa shape index (κ2) is 6.59. The molecule has 2 atom stereocenters. The molecule has 0 radical (unpaired) electrons. The summed E-state index contributed by atoms with van der Waals surface area (Å²) in [6.07, 6.45) is 0.451. The summed E-state index contributed by atoms with van der Waals surface area (Å²) >= 11 is 0. The van der Waals surface area contributed by atoms with Gasteiger partial charge in [-0.25, -0.2) is 0 Å². The van der Waals surface area contributed by atoms with Crippen molar-refractivity contribution in [3.8, 4) is 5.75 Å². The van der Waals surface area contributed by atoms with E-state index in [4.69, 9.17) is 14.9 Å². The minimum atomic E-state index is -0.331. The Morgan fingerprint density at radius 1 is 1.30 bits per heavy atom. The number of furan rings is 1. The highest BCUT2D eigenvalue weighted by Gasteiger charge is 2.23. The van der Waals surface area contributed by atoms with Crippen molar-refractivity contribution in [2.24, 2.45) is 5.73 Å². The standard InChI is InChI=1S/C16H21NO3/c1-3-14(17)16(15-8-7-11(2)19-15)20-13-6-4-5-12(9-13)10-18/h4-9,14,16,18H,3,10,17H2,1-2H3. The number of ether oxygens (including phenoxy) is 1. The summed E-state index contributed by atoms with van der Waals surface area (Å²) in [7, 11) is 0. The lowest BCUT2D eigenvalue weighted by Gasteiger charge is -2.22. The molecule has 0 fully saturated rings. The van der Waals surface area contributed by atoms with Crippen LogP contribution in [0, 0.1) is 6.92 Å². The van der Waals surface area contributed by atoms with Gasteiger partial charge < -0.3 is 20.0 Å². The third kappa shape index (κ3) is 3.40. The monoisotopic (exact) mass is 275 g/mol. The Morgan fingerprint density at radius 2 is 2.10 bits per heavy atom. The molecule has 108 valence electrons. The van der Waals surface area contributed by atoms with Crippen molar-refractivity contribution in [3.05, 3.63) is 53.5 Å². The summed E-state index contributed by atoms with van der Waals surface area (Å²) in [6.45, 7) is 3.90. The SMILES string of the molecule is CCC(N)C(Oc1cccc(CO)c1)c1ccc(C)o1. The van der Waals surface area contributed by atoms with E-state index in [-0.39, 0.29) is 18.8 Å². The molecule has 0 saturated carbocycles. The van der Waals surface area contributed by atoms with E-state index in [1.54, 1.807) is 0 Å². The maximum absolute atomic E-state index is 9.17. The van der Waals surface area contributed by atoms with Crippen LogP contribution in [0.3, 0.4) is 0 Å². The minimum Gasteiger partial charge on any atom is -0.481 e. The van der Waals surface area contributed by atoms with Crippen molar-refractivity contribution in [3.63, 3.8) is 0 Å². The van der Waals surface area contributed by atoms with Crippen LogP contribution in [0.4, 0.5) is 0 Å². The second-order valence-electron chi connectivity index (χ2n) is 4.86. The fraction of sp³-hybridized carbons (Fsp3) is 0.375. The highest BCUT2D eigenvalue weighted by Crippen LogP contribution is 2.27. The van der Waals surface area contributed by atoms with Crippen LogP contribution in [-0.2, 0) is 6.61 Å². The first kappa shape index (κ1) is 14.6. The van der Waals surface area contributed by atoms with E-state index < -0.39 is 0 Å². The van der Waals surface area contributed by atoms with Crippen LogP contribution >= 0.6 is 0 Å². The fourth-order valence-electron chi connectivity index (χ4n) is 2.04. The Kier molecular flexibility index (Phi) is 4.82. The van der Waals surface area contributed by atoms with E-state index in [0.717, 1.165) is 23.5 Å². The first-order valence-electron chi connectivity index (χ1n) is 6.82. The maximum atomic E-state index is 9.17. The molecule has 4 heteroatoms. The van der Waals surface area contributed by atoms with Crippen LogP contribution in [-0.4, -0.2) is 11.1 Å². The molecule has 0 saturated heterocycles. The van der Waals surface area contributed by atoms with Gasteiger partial charge in [-0.2, -0.15) is 0 Å². The topological polar surface area (TPSA) is 68.6 Å². The van der Waals surface area contributed by atoms with Gasteiger partial charge in [-0.3, -0.25) is 0 Å². The van der Waals surface area contributed by atoms with E-state index in [1.165, 1.54) is 0 Å². The lowest BCUT2D eigenvalue weighted by molar-refractivity contribution is 0.143. The quantitative estimate of drug-likeness (QED) is 0.850. The van der Waals surface area contributed by atoms with E-state index in [2.05, 4.69) is 0 Å². The van der Waals surface area contributed by atoms with Crippen LogP contribution in [0.1, 0.15) is 36.5 Å². The van der Waals surface area contributed by atoms with Gasteiger partial charge in [-0.15, -0.1) is 0 Å². The Balaban J connectivity index is 2.23. The predicted octanol–water partition coefficient (Wildman–Crippen LogP) is 2.94. The first-order valence-corrected chi connectivity index (χ1v) is 6.82. The molecule has 2 aromatic rings. The van der Waals surface area contributed by atoms with Crippen LogP contribution in [0.5, 0.6) is 5.75 Å². The molecule has 0 aliphatic rings. The molecule has 1 aromatic heterocycles. The summed E-state index contributed by atoms with van der Waals surface area (Å²) in [5.41, 5.74) is 6.95. The van der Waals surface area contributed by atoms with Gasteiger partial charge in [-0.05, 0) is 43.2 Å². The number of aryl methyl sites for hydroxylation is 1. The van der Waals surface area contributed by atoms with E-state index in [0.29, 0.717) is 5.75 Å². The Hall–Kier alpha value is -1.78. The van der Waals surface area contributed by atoms with Crippen molar-refractivity contribution in [1.82, 2.24) is 0 Å². The normalized spacial score (nSPS) is 14.0. The van der Waals surface area contributed by atoms with Crippen molar-refractivity contribution >= 4 is 0 Å². The van der Waals surface area contributed by atoms with E-state index in [9.17, 15) is 5.11 Å². The zero-order valence-corrected chi connectivity index (χ0v) is 11.9. The van der Waals surface area contributed by atoms with Gasteiger partial charge in [0.25, 0.3) is 0 Å². The molecule has 1 heterocycles. The molecule has 20 heavy (non-hydrogen) atoms. The number of benzene rings is 1. The zero-order chi connectivity index (χ0) is 14.5. The molecule has 2 unspecified atom stereocenters. The average molecular weight is 275 g/mol. The highest BCUT2D eigenvalue weighted by molar-refractivity contribution is 5.29. The van der Waals surface area contributed by atoms with Gasteiger partial charge in [0.2, 0.25) is 0 Å². The molecule has 0 spiro atoms. The summed E-state index contributed by atoms with van der Waals surface area (Å²) in [5.74, 6) is 2.24. The highest BCUT2D eigenvalue weighted by atomic mass is 16.5. The van der Waals surface area contributed by atoms with Gasteiger partial charge in [0, 0.05) is 6.04 Å². The Labute approximate surface area is 119 Å². The molecule has 0 bridgehead atoms. The molecule has 4 nitrogen and oxygen atoms in total. The average Bonchev–Trinajstić information content (AvgIpc) is 2.90. The van der Waals surface area contributed by atoms with Crippen molar-refractivity contribution in [1.29, 1.82) is 0 Å². The number of nitrogens with two attached hydrogens (primary N) is 1. The van der Waals surface area contributed by atoms with Crippen LogP contribution in [0.15, 0.2) is 40.8 Å². The predicted molar refractivity (Wildman–Crippen MR) is 77.4 cm³/mol. The Bertz CT molecular complexity index is 550. The number of aliphatic hydroxyl groups is 1. The molecule has 0 amide bonds. The number of rotatable bonds is 6. The van der Waals surface area contributed by atoms with Crippen LogP contribution in [0.25, 0.3) is 0 Å². The lowest BCUT2D eigenvalue weighted by atomic mass is 10.1. The van der Waals surface area contributed by atoms with Gasteiger partial charge in [0.15, 0.2) is 6.10 Å². The molecule has 3 N–H and O–H groups in total. The minimum absolute atomic E-state index is 0.0123.